The average Bonchev–Trinajstić information content (AvgIpc) is 4.52. The van der Waals surface area contributed by atoms with Crippen LogP contribution < -0.4 is 56.6 Å². The second-order valence-electron chi connectivity index (χ2n) is 21.7. The number of hydrogen-bond acceptors (Lipinski definition) is 11. The number of hydrogen-bond donors (Lipinski definition) is 0. The first-order valence-electron chi connectivity index (χ1n) is 26.8. The summed E-state index contributed by atoms with van der Waals surface area (Å²) < 4.78 is 8.77. The first-order chi connectivity index (χ1) is 38.2. The summed E-state index contributed by atoms with van der Waals surface area (Å²) in [6.07, 6.45) is 24.1. The SMILES string of the molecule is CC(C)(C)c1c[c-]n(-c2ccccn2)n1.CCC(C)c1n[c-]n(-c2ccccn2)n1.Cc1c[c-]n(-c2ccccn2)c1CC(C)(C)C.Cc1c[c-]n(-c2ccccn2)n1.Cc1nc(C)n(-c2cc(CC(C)C(C)C)ccn2)n1.[Li+].[Li+].[Li+].[Zn+][I]. The second-order valence-corrected chi connectivity index (χ2v) is 21.7. The topological polar surface area (TPSA) is 166 Å². The van der Waals surface area contributed by atoms with Crippen LogP contribution >= 0.6 is 19.8 Å². The molecule has 0 aliphatic rings. The molecule has 0 bridgehead atoms. The molecule has 2 atom stereocenters. The van der Waals surface area contributed by atoms with Crippen molar-refractivity contribution < 1.29 is 71.4 Å². The normalized spacial score (nSPS) is 11.3. The van der Waals surface area contributed by atoms with Crippen molar-refractivity contribution in [2.24, 2.45) is 17.3 Å². The molecule has 16 nitrogen and oxygen atoms in total. The molecule has 416 valence electrons. The molecule has 0 aliphatic carbocycles. The number of aromatic nitrogens is 16. The molecule has 0 saturated carbocycles. The summed E-state index contributed by atoms with van der Waals surface area (Å²) in [7, 11) is 0. The summed E-state index contributed by atoms with van der Waals surface area (Å²) in [5.74, 6) is 8.33. The number of aryl methyl sites for hydroxylation is 4. The van der Waals surface area contributed by atoms with Gasteiger partial charge >= 0.3 is 91.1 Å². The molecule has 83 heavy (non-hydrogen) atoms. The Morgan fingerprint density at radius 2 is 1.10 bits per heavy atom. The molecule has 0 amide bonds. The van der Waals surface area contributed by atoms with Gasteiger partial charge in [-0.25, -0.2) is 15.1 Å². The molecule has 0 radical (unpaired) electrons. The Morgan fingerprint density at radius 1 is 0.578 bits per heavy atom. The Kier molecular flexibility index (Phi) is 32.7. The van der Waals surface area contributed by atoms with Crippen molar-refractivity contribution >= 4 is 19.8 Å². The first kappa shape index (κ1) is 74.0. The van der Waals surface area contributed by atoms with E-state index in [4.69, 9.17) is 0 Å². The minimum atomic E-state index is 0. The summed E-state index contributed by atoms with van der Waals surface area (Å²) in [6, 6.07) is 33.0. The second kappa shape index (κ2) is 36.7. The Bertz CT molecular complexity index is 3330. The van der Waals surface area contributed by atoms with Crippen molar-refractivity contribution in [1.82, 2.24) is 78.6 Å². The van der Waals surface area contributed by atoms with E-state index in [1.165, 1.54) is 31.6 Å². The third kappa shape index (κ3) is 24.0. The van der Waals surface area contributed by atoms with Crippen LogP contribution in [0.4, 0.5) is 0 Å². The molecular weight excluding hydrogens is 1180 g/mol. The van der Waals surface area contributed by atoms with Gasteiger partial charge in [0.1, 0.15) is 11.6 Å². The zero-order chi connectivity index (χ0) is 58.4. The van der Waals surface area contributed by atoms with E-state index < -0.39 is 0 Å². The minimum absolute atomic E-state index is 0. The summed E-state index contributed by atoms with van der Waals surface area (Å²) >= 11 is 3.62. The van der Waals surface area contributed by atoms with Crippen LogP contribution in [0, 0.1) is 69.9 Å². The third-order valence-corrected chi connectivity index (χ3v) is 12.4. The average molecular weight is 1260 g/mol. The summed E-state index contributed by atoms with van der Waals surface area (Å²) in [6.45, 7) is 32.1. The van der Waals surface area contributed by atoms with Crippen molar-refractivity contribution in [3.8, 4) is 29.1 Å². The fourth-order valence-electron chi connectivity index (χ4n) is 7.39. The number of rotatable bonds is 11. The van der Waals surface area contributed by atoms with Gasteiger partial charge in [0.05, 0.1) is 29.1 Å². The Labute approximate surface area is 550 Å². The van der Waals surface area contributed by atoms with E-state index in [0.717, 1.165) is 77.2 Å². The van der Waals surface area contributed by atoms with Gasteiger partial charge in [0.25, 0.3) is 0 Å². The van der Waals surface area contributed by atoms with E-state index in [9.17, 15) is 0 Å². The third-order valence-electron chi connectivity index (χ3n) is 12.4. The van der Waals surface area contributed by atoms with Gasteiger partial charge in [0.15, 0.2) is 5.82 Å². The predicted molar refractivity (Wildman–Crippen MR) is 321 cm³/mol. The zero-order valence-electron chi connectivity index (χ0n) is 52.3. The standard InChI is InChI=1S/C15H22N4.C15H19N2.C12H14N3.C11H13N4.C9H8N3.HI.3Li.Zn/c1-10(2)11(3)8-14-6-7-16-15(9-14)19-13(5)17-12(4)18-19;1-12-8-10-17(13(12)11-15(2,3)4)14-7-5-6-9-16-14;1-12(2,3)10-7-9-15(14-10)11-6-4-5-8-13-11;1-3-9(2)11-13-8-15(14-11)10-6-4-5-7-12-10;1-8-5-7-12(11-8)9-4-2-3-6-10-9;;;;;/h6-7,9-11H,8H2,1-5H3;5-9H,11H2,1-4H3;4-8H,1-3H3;4-7,9H,3H2,1-2H3;2-6H,1H3;1H;;;;/q;4*-1;;3*+1;+2/p-1. The molecule has 0 N–H and O–H groups in total. The molecule has 10 aromatic rings. The zero-order valence-corrected chi connectivity index (χ0v) is 57.4. The Morgan fingerprint density at radius 3 is 1.54 bits per heavy atom. The van der Waals surface area contributed by atoms with E-state index >= 15 is 0 Å². The van der Waals surface area contributed by atoms with Crippen LogP contribution in [0.2, 0.25) is 0 Å². The molecule has 21 heteroatoms. The van der Waals surface area contributed by atoms with E-state index in [2.05, 4.69) is 200 Å². The van der Waals surface area contributed by atoms with Crippen molar-refractivity contribution in [2.45, 2.75) is 134 Å². The molecule has 0 aromatic carbocycles. The van der Waals surface area contributed by atoms with E-state index in [1.54, 1.807) is 37.3 Å². The molecular formula is C62H76ILi3N16Zn. The molecule has 0 saturated heterocycles. The van der Waals surface area contributed by atoms with Gasteiger partial charge in [0.2, 0.25) is 0 Å². The van der Waals surface area contributed by atoms with Crippen LogP contribution in [0.1, 0.15) is 134 Å². The van der Waals surface area contributed by atoms with Crippen molar-refractivity contribution in [2.75, 3.05) is 0 Å². The molecule has 0 spiro atoms. The van der Waals surface area contributed by atoms with Gasteiger partial charge in [-0.1, -0.05) is 176 Å². The monoisotopic (exact) mass is 1260 g/mol. The fraction of sp³-hybridized carbons (Fsp3) is 0.371. The summed E-state index contributed by atoms with van der Waals surface area (Å²) in [5.41, 5.74) is 6.18. The van der Waals surface area contributed by atoms with Crippen LogP contribution in [0.5, 0.6) is 0 Å². The summed E-state index contributed by atoms with van der Waals surface area (Å²) in [5, 5.41) is 17.3. The molecule has 10 rings (SSSR count). The molecule has 0 aliphatic heterocycles. The van der Waals surface area contributed by atoms with Crippen LogP contribution in [0.3, 0.4) is 0 Å². The van der Waals surface area contributed by atoms with Crippen LogP contribution in [-0.2, 0) is 33.0 Å². The van der Waals surface area contributed by atoms with E-state index in [-0.39, 0.29) is 67.4 Å². The number of halogens is 1. The molecule has 10 aromatic heterocycles. The molecule has 10 heterocycles. The number of pyridine rings is 5. The first-order valence-corrected chi connectivity index (χ1v) is 35.9. The maximum absolute atomic E-state index is 4.45. The fourth-order valence-corrected chi connectivity index (χ4v) is 7.39. The summed E-state index contributed by atoms with van der Waals surface area (Å²) in [4.78, 5) is 29.8. The Hall–Kier alpha value is -5.12. The van der Waals surface area contributed by atoms with Gasteiger partial charge in [-0.3, -0.25) is 15.2 Å². The van der Waals surface area contributed by atoms with Gasteiger partial charge in [-0.05, 0) is 102 Å². The maximum atomic E-state index is 4.45. The van der Waals surface area contributed by atoms with Crippen molar-refractivity contribution in [3.05, 3.63) is 205 Å². The Balaban J connectivity index is 0.000000350. The van der Waals surface area contributed by atoms with Gasteiger partial charge in [0, 0.05) is 37.3 Å². The molecule has 2 unspecified atom stereocenters. The van der Waals surface area contributed by atoms with Crippen LogP contribution in [0.25, 0.3) is 29.1 Å². The molecule has 0 fully saturated rings. The van der Waals surface area contributed by atoms with E-state index in [1.807, 2.05) is 124 Å². The van der Waals surface area contributed by atoms with Crippen LogP contribution in [0.15, 0.2) is 134 Å². The van der Waals surface area contributed by atoms with E-state index in [0.29, 0.717) is 17.8 Å². The van der Waals surface area contributed by atoms with Gasteiger partial charge in [-0.2, -0.15) is 4.68 Å². The quantitative estimate of drug-likeness (QED) is 0.103. The number of nitrogens with zero attached hydrogens (tertiary/aromatic N) is 16. The van der Waals surface area contributed by atoms with Gasteiger partial charge < -0.3 is 38.5 Å². The van der Waals surface area contributed by atoms with Crippen LogP contribution in [-0.4, -0.2) is 78.6 Å². The predicted octanol–water partition coefficient (Wildman–Crippen LogP) is 4.30. The van der Waals surface area contributed by atoms with Crippen molar-refractivity contribution in [1.29, 1.82) is 0 Å². The van der Waals surface area contributed by atoms with Crippen molar-refractivity contribution in [3.63, 3.8) is 0 Å². The van der Waals surface area contributed by atoms with Gasteiger partial charge in [-0.15, -0.1) is 28.9 Å².